The summed E-state index contributed by atoms with van der Waals surface area (Å²) in [7, 11) is 0. The molecule has 0 aliphatic rings. The highest BCUT2D eigenvalue weighted by atomic mass is 35.5. The average molecular weight is 356 g/mol. The highest BCUT2D eigenvalue weighted by Gasteiger charge is 2.27. The molecule has 0 saturated heterocycles. The smallest absolute Gasteiger partial charge is 0.252 e. The lowest BCUT2D eigenvalue weighted by atomic mass is 10.0. The van der Waals surface area contributed by atoms with Gasteiger partial charge in [0.15, 0.2) is 0 Å². The first-order valence-corrected chi connectivity index (χ1v) is 7.63. The molecule has 0 atom stereocenters. The van der Waals surface area contributed by atoms with Crippen molar-refractivity contribution in [3.63, 3.8) is 0 Å². The van der Waals surface area contributed by atoms with Gasteiger partial charge in [-0.2, -0.15) is 5.53 Å². The van der Waals surface area contributed by atoms with Gasteiger partial charge in [0.25, 0.3) is 5.91 Å². The third kappa shape index (κ3) is 4.49. The van der Waals surface area contributed by atoms with E-state index >= 15 is 0 Å². The Kier molecular flexibility index (Phi) is 5.33. The molecule has 0 aliphatic carbocycles. The standard InChI is InChI=1S/C14H16Cl2N6O/c1-14(2,12-8-22(21-20-12)4-3-18-17)19-13(23)9-5-10(15)7-11(16)6-9/h5-8,17H,3-4H2,1-2H3,(H,19,23)/p+1. The van der Waals surface area contributed by atoms with E-state index in [0.29, 0.717) is 34.4 Å². The van der Waals surface area contributed by atoms with E-state index in [0.717, 1.165) is 0 Å². The molecule has 0 spiro atoms. The lowest BCUT2D eigenvalue weighted by Gasteiger charge is -2.23. The van der Waals surface area contributed by atoms with Crippen molar-refractivity contribution in [2.24, 2.45) is 5.11 Å². The normalized spacial score (nSPS) is 11.3. The van der Waals surface area contributed by atoms with Crippen LogP contribution in [0, 0.1) is 0 Å². The van der Waals surface area contributed by atoms with Crippen LogP contribution in [0.15, 0.2) is 29.5 Å². The summed E-state index contributed by atoms with van der Waals surface area (Å²) in [5, 5.41) is 15.3. The number of nitrogens with two attached hydrogens (primary N) is 1. The SMILES string of the molecule is CC(C)(NC(=O)c1cc(Cl)cc(Cl)c1)c1cn(CCN=[NH2+])nn1. The van der Waals surface area contributed by atoms with Crippen molar-refractivity contribution < 1.29 is 10.3 Å². The number of hydrogen-bond donors (Lipinski definition) is 2. The van der Waals surface area contributed by atoms with Crippen LogP contribution in [0.1, 0.15) is 29.9 Å². The predicted molar refractivity (Wildman–Crippen MR) is 86.2 cm³/mol. The van der Waals surface area contributed by atoms with Crippen LogP contribution in [0.25, 0.3) is 0 Å². The highest BCUT2D eigenvalue weighted by Crippen LogP contribution is 2.22. The molecular weight excluding hydrogens is 339 g/mol. The molecule has 23 heavy (non-hydrogen) atoms. The van der Waals surface area contributed by atoms with Crippen molar-refractivity contribution in [1.29, 1.82) is 0 Å². The number of rotatable bonds is 6. The minimum atomic E-state index is -0.718. The van der Waals surface area contributed by atoms with E-state index < -0.39 is 5.54 Å². The lowest BCUT2D eigenvalue weighted by Crippen LogP contribution is -2.41. The van der Waals surface area contributed by atoms with E-state index in [2.05, 4.69) is 20.7 Å². The number of nitrogens with zero attached hydrogens (tertiary/aromatic N) is 4. The van der Waals surface area contributed by atoms with Gasteiger partial charge in [0.1, 0.15) is 12.2 Å². The Morgan fingerprint density at radius 3 is 2.61 bits per heavy atom. The van der Waals surface area contributed by atoms with Gasteiger partial charge in [0.05, 0.1) is 18.3 Å². The van der Waals surface area contributed by atoms with Gasteiger partial charge in [-0.1, -0.05) is 28.4 Å². The Hall–Kier alpha value is -1.99. The summed E-state index contributed by atoms with van der Waals surface area (Å²) < 4.78 is 1.62. The molecule has 0 unspecified atom stereocenters. The fourth-order valence-corrected chi connectivity index (χ4v) is 2.49. The van der Waals surface area contributed by atoms with Crippen molar-refractivity contribution in [2.45, 2.75) is 25.9 Å². The monoisotopic (exact) mass is 355 g/mol. The maximum Gasteiger partial charge on any atom is 0.252 e. The predicted octanol–water partition coefficient (Wildman–Crippen LogP) is 1.46. The molecule has 1 amide bonds. The molecule has 0 bridgehead atoms. The second-order valence-corrected chi connectivity index (χ2v) is 6.38. The summed E-state index contributed by atoms with van der Waals surface area (Å²) in [6.07, 6.45) is 1.75. The maximum absolute atomic E-state index is 12.4. The van der Waals surface area contributed by atoms with Crippen LogP contribution in [0.3, 0.4) is 0 Å². The van der Waals surface area contributed by atoms with Crippen molar-refractivity contribution in [1.82, 2.24) is 20.3 Å². The molecule has 9 heteroatoms. The third-order valence-electron chi connectivity index (χ3n) is 3.19. The molecule has 0 radical (unpaired) electrons. The van der Waals surface area contributed by atoms with Gasteiger partial charge in [-0.05, 0) is 37.2 Å². The van der Waals surface area contributed by atoms with Crippen molar-refractivity contribution in [3.05, 3.63) is 45.7 Å². The molecule has 2 aromatic rings. The summed E-state index contributed by atoms with van der Waals surface area (Å²) in [5.74, 6) is -0.300. The van der Waals surface area contributed by atoms with E-state index in [1.807, 2.05) is 13.8 Å². The van der Waals surface area contributed by atoms with Gasteiger partial charge in [0, 0.05) is 15.6 Å². The molecule has 2 rings (SSSR count). The number of nitrogens with one attached hydrogen (secondary N) is 1. The zero-order valence-corrected chi connectivity index (χ0v) is 14.3. The zero-order valence-electron chi connectivity index (χ0n) is 12.8. The van der Waals surface area contributed by atoms with Crippen molar-refractivity contribution in [3.8, 4) is 0 Å². The Morgan fingerprint density at radius 2 is 2.00 bits per heavy atom. The first kappa shape index (κ1) is 17.4. The third-order valence-corrected chi connectivity index (χ3v) is 3.62. The number of hydrogen-bond acceptors (Lipinski definition) is 4. The molecule has 0 saturated carbocycles. The van der Waals surface area contributed by atoms with E-state index in [9.17, 15) is 4.79 Å². The zero-order chi connectivity index (χ0) is 17.0. The van der Waals surface area contributed by atoms with Crippen LogP contribution in [0.2, 0.25) is 10.0 Å². The van der Waals surface area contributed by atoms with Crippen LogP contribution in [0.4, 0.5) is 0 Å². The van der Waals surface area contributed by atoms with Crippen LogP contribution in [-0.2, 0) is 12.1 Å². The quantitative estimate of drug-likeness (QED) is 0.767. The first-order chi connectivity index (χ1) is 10.8. The Balaban J connectivity index is 2.14. The molecule has 1 heterocycles. The first-order valence-electron chi connectivity index (χ1n) is 6.88. The summed E-state index contributed by atoms with van der Waals surface area (Å²) in [4.78, 5) is 12.4. The number of aromatic nitrogens is 3. The molecule has 3 N–H and O–H groups in total. The van der Waals surface area contributed by atoms with Crippen molar-refractivity contribution in [2.75, 3.05) is 6.54 Å². The van der Waals surface area contributed by atoms with Gasteiger partial charge >= 0.3 is 0 Å². The van der Waals surface area contributed by atoms with Gasteiger partial charge in [0.2, 0.25) is 0 Å². The number of amides is 1. The summed E-state index contributed by atoms with van der Waals surface area (Å²) in [5.41, 5.74) is 5.39. The van der Waals surface area contributed by atoms with Gasteiger partial charge < -0.3 is 5.32 Å². The van der Waals surface area contributed by atoms with Crippen LogP contribution >= 0.6 is 23.2 Å². The number of halogens is 2. The van der Waals surface area contributed by atoms with E-state index in [1.54, 1.807) is 29.1 Å². The highest BCUT2D eigenvalue weighted by molar-refractivity contribution is 6.35. The molecule has 7 nitrogen and oxygen atoms in total. The Labute approximate surface area is 143 Å². The maximum atomic E-state index is 12.4. The summed E-state index contributed by atoms with van der Waals surface area (Å²) in [6, 6.07) is 4.68. The molecule has 0 aliphatic heterocycles. The topological polar surface area (TPSA) is 97.8 Å². The Bertz CT molecular complexity index is 708. The van der Waals surface area contributed by atoms with Gasteiger partial charge in [-0.3, -0.25) is 9.48 Å². The van der Waals surface area contributed by atoms with Crippen LogP contribution < -0.4 is 10.8 Å². The lowest BCUT2D eigenvalue weighted by molar-refractivity contribution is -0.222. The van der Waals surface area contributed by atoms with Gasteiger partial charge in [-0.15, -0.1) is 5.10 Å². The minimum Gasteiger partial charge on any atom is -0.341 e. The van der Waals surface area contributed by atoms with E-state index in [-0.39, 0.29) is 5.91 Å². The van der Waals surface area contributed by atoms with E-state index in [4.69, 9.17) is 28.7 Å². The number of carbonyl (C=O) groups is 1. The molecular formula is C14H17Cl2N6O+. The largest absolute Gasteiger partial charge is 0.341 e. The number of carbonyl (C=O) groups excluding carboxylic acids is 1. The van der Waals surface area contributed by atoms with E-state index in [1.165, 1.54) is 0 Å². The molecule has 1 aromatic heterocycles. The summed E-state index contributed by atoms with van der Waals surface area (Å²) in [6.45, 7) is 4.63. The van der Waals surface area contributed by atoms with Crippen molar-refractivity contribution >= 4 is 29.1 Å². The van der Waals surface area contributed by atoms with Gasteiger partial charge in [-0.25, -0.2) is 0 Å². The minimum absolute atomic E-state index is 0.300. The van der Waals surface area contributed by atoms with Crippen LogP contribution in [0.5, 0.6) is 0 Å². The number of benzene rings is 1. The van der Waals surface area contributed by atoms with Crippen LogP contribution in [-0.4, -0.2) is 27.4 Å². The Morgan fingerprint density at radius 1 is 1.35 bits per heavy atom. The molecule has 1 aromatic carbocycles. The fourth-order valence-electron chi connectivity index (χ4n) is 1.96. The molecule has 122 valence electrons. The average Bonchev–Trinajstić information content (AvgIpc) is 2.93. The molecule has 0 fully saturated rings. The second-order valence-electron chi connectivity index (χ2n) is 5.51. The fraction of sp³-hybridized carbons (Fsp3) is 0.357. The second kappa shape index (κ2) is 7.06. The summed E-state index contributed by atoms with van der Waals surface area (Å²) >= 11 is 11.9.